The summed E-state index contributed by atoms with van der Waals surface area (Å²) in [6.45, 7) is 3.77. The second-order valence-corrected chi connectivity index (χ2v) is 3.72. The fourth-order valence-corrected chi connectivity index (χ4v) is 1.55. The first-order valence-corrected chi connectivity index (χ1v) is 5.75. The number of benzene rings is 1. The second-order valence-electron chi connectivity index (χ2n) is 3.72. The van der Waals surface area contributed by atoms with E-state index in [1.165, 1.54) is 27.2 Å². The highest BCUT2D eigenvalue weighted by molar-refractivity contribution is 5.64. The van der Waals surface area contributed by atoms with Crippen LogP contribution in [0.1, 0.15) is 19.4 Å². The van der Waals surface area contributed by atoms with Gasteiger partial charge in [-0.1, -0.05) is 0 Å². The van der Waals surface area contributed by atoms with Crippen LogP contribution in [0.2, 0.25) is 0 Å². The zero-order valence-corrected chi connectivity index (χ0v) is 11.4. The molecule has 0 bridgehead atoms. The minimum absolute atomic E-state index is 0.0181. The average molecular weight is 267 g/mol. The van der Waals surface area contributed by atoms with Gasteiger partial charge in [-0.15, -0.1) is 0 Å². The first-order chi connectivity index (χ1) is 9.03. The molecule has 0 saturated carbocycles. The van der Waals surface area contributed by atoms with Gasteiger partial charge in [0.15, 0.2) is 11.5 Å². The van der Waals surface area contributed by atoms with E-state index in [9.17, 15) is 10.1 Å². The maximum absolute atomic E-state index is 10.7. The van der Waals surface area contributed by atoms with Gasteiger partial charge in [0.1, 0.15) is 5.75 Å². The minimum Gasteiger partial charge on any atom is -0.496 e. The summed E-state index contributed by atoms with van der Waals surface area (Å²) >= 11 is 0. The zero-order chi connectivity index (χ0) is 14.4. The van der Waals surface area contributed by atoms with Gasteiger partial charge in [0.25, 0.3) is 0 Å². The molecule has 0 aliphatic carbocycles. The predicted molar refractivity (Wildman–Crippen MR) is 71.4 cm³/mol. The summed E-state index contributed by atoms with van der Waals surface area (Å²) in [7, 11) is 3.01. The number of nitrogens with zero attached hydrogens (tertiary/aromatic N) is 1. The van der Waals surface area contributed by atoms with Crippen LogP contribution in [0.15, 0.2) is 17.8 Å². The monoisotopic (exact) mass is 267 g/mol. The van der Waals surface area contributed by atoms with Crippen molar-refractivity contribution in [3.8, 4) is 17.2 Å². The molecule has 0 aliphatic rings. The Kier molecular flexibility index (Phi) is 5.17. The van der Waals surface area contributed by atoms with Crippen molar-refractivity contribution < 1.29 is 19.1 Å². The lowest BCUT2D eigenvalue weighted by Crippen LogP contribution is -1.99. The van der Waals surface area contributed by atoms with E-state index in [-0.39, 0.29) is 5.70 Å². The number of ether oxygens (including phenoxy) is 3. The van der Waals surface area contributed by atoms with Gasteiger partial charge >= 0.3 is 0 Å². The number of hydrogen-bond donors (Lipinski definition) is 0. The van der Waals surface area contributed by atoms with E-state index >= 15 is 0 Å². The fraction of sp³-hybridized carbons (Fsp3) is 0.385. The molecule has 0 aliphatic heterocycles. The van der Waals surface area contributed by atoms with Crippen molar-refractivity contribution in [2.75, 3.05) is 20.8 Å². The standard InChI is InChI=1S/C13H17NO5/c1-5-19-13-8-11(17-3)10(7-12(13)18-4)6-9(2)14(15)16/h6-8H,5H2,1-4H3. The molecule has 6 nitrogen and oxygen atoms in total. The smallest absolute Gasteiger partial charge is 0.243 e. The summed E-state index contributed by atoms with van der Waals surface area (Å²) in [4.78, 5) is 10.2. The van der Waals surface area contributed by atoms with Gasteiger partial charge in [0.2, 0.25) is 5.70 Å². The SMILES string of the molecule is CCOc1cc(OC)c(C=C(C)[N+](=O)[O-])cc1OC. The highest BCUT2D eigenvalue weighted by Gasteiger charge is 2.13. The molecular weight excluding hydrogens is 250 g/mol. The Bertz CT molecular complexity index is 496. The van der Waals surface area contributed by atoms with Crippen LogP contribution in [0.25, 0.3) is 6.08 Å². The van der Waals surface area contributed by atoms with Crippen LogP contribution in [-0.2, 0) is 0 Å². The number of allylic oxidation sites excluding steroid dienone is 1. The number of hydrogen-bond acceptors (Lipinski definition) is 5. The molecule has 0 heterocycles. The largest absolute Gasteiger partial charge is 0.496 e. The quantitative estimate of drug-likeness (QED) is 0.585. The molecule has 0 aromatic heterocycles. The number of methoxy groups -OCH3 is 2. The average Bonchev–Trinajstić information content (AvgIpc) is 2.39. The molecule has 0 radical (unpaired) electrons. The summed E-state index contributed by atoms with van der Waals surface area (Å²) in [5, 5.41) is 10.7. The van der Waals surface area contributed by atoms with Crippen LogP contribution >= 0.6 is 0 Å². The van der Waals surface area contributed by atoms with E-state index in [2.05, 4.69) is 0 Å². The van der Waals surface area contributed by atoms with Crippen molar-refractivity contribution >= 4 is 6.08 Å². The van der Waals surface area contributed by atoms with Crippen LogP contribution in [0, 0.1) is 10.1 Å². The highest BCUT2D eigenvalue weighted by Crippen LogP contribution is 2.35. The normalized spacial score (nSPS) is 11.1. The molecule has 1 aromatic rings. The van der Waals surface area contributed by atoms with Gasteiger partial charge < -0.3 is 14.2 Å². The third kappa shape index (κ3) is 3.61. The van der Waals surface area contributed by atoms with Gasteiger partial charge in [-0.2, -0.15) is 0 Å². The lowest BCUT2D eigenvalue weighted by molar-refractivity contribution is -0.422. The van der Waals surface area contributed by atoms with E-state index in [1.807, 2.05) is 6.92 Å². The Morgan fingerprint density at radius 3 is 2.37 bits per heavy atom. The van der Waals surface area contributed by atoms with Crippen molar-refractivity contribution in [2.24, 2.45) is 0 Å². The molecular formula is C13H17NO5. The highest BCUT2D eigenvalue weighted by atomic mass is 16.6. The van der Waals surface area contributed by atoms with Crippen molar-refractivity contribution in [3.63, 3.8) is 0 Å². The molecule has 0 spiro atoms. The Morgan fingerprint density at radius 1 is 1.26 bits per heavy atom. The summed E-state index contributed by atoms with van der Waals surface area (Å²) in [6.07, 6.45) is 1.43. The van der Waals surface area contributed by atoms with Crippen molar-refractivity contribution in [1.82, 2.24) is 0 Å². The third-order valence-electron chi connectivity index (χ3n) is 2.47. The first kappa shape index (κ1) is 14.8. The lowest BCUT2D eigenvalue weighted by Gasteiger charge is -2.13. The van der Waals surface area contributed by atoms with Gasteiger partial charge in [0, 0.05) is 24.6 Å². The summed E-state index contributed by atoms with van der Waals surface area (Å²) in [5.74, 6) is 1.54. The van der Waals surface area contributed by atoms with Crippen LogP contribution < -0.4 is 14.2 Å². The molecule has 0 N–H and O–H groups in total. The van der Waals surface area contributed by atoms with Crippen LogP contribution in [0.5, 0.6) is 17.2 Å². The van der Waals surface area contributed by atoms with Crippen molar-refractivity contribution in [3.05, 3.63) is 33.5 Å². The molecule has 104 valence electrons. The molecule has 0 fully saturated rings. The molecule has 0 saturated heterocycles. The van der Waals surface area contributed by atoms with Crippen LogP contribution in [-0.4, -0.2) is 25.7 Å². The van der Waals surface area contributed by atoms with Crippen LogP contribution in [0.3, 0.4) is 0 Å². The van der Waals surface area contributed by atoms with E-state index in [0.717, 1.165) is 0 Å². The van der Waals surface area contributed by atoms with E-state index in [0.29, 0.717) is 29.4 Å². The fourth-order valence-electron chi connectivity index (χ4n) is 1.55. The molecule has 6 heteroatoms. The van der Waals surface area contributed by atoms with E-state index < -0.39 is 4.92 Å². The van der Waals surface area contributed by atoms with E-state index in [4.69, 9.17) is 14.2 Å². The summed E-state index contributed by atoms with van der Waals surface area (Å²) in [6, 6.07) is 3.30. The van der Waals surface area contributed by atoms with Crippen LogP contribution in [0.4, 0.5) is 0 Å². The minimum atomic E-state index is -0.456. The van der Waals surface area contributed by atoms with Gasteiger partial charge in [0.05, 0.1) is 25.7 Å². The third-order valence-corrected chi connectivity index (χ3v) is 2.47. The van der Waals surface area contributed by atoms with Gasteiger partial charge in [-0.25, -0.2) is 0 Å². The zero-order valence-electron chi connectivity index (χ0n) is 11.4. The first-order valence-electron chi connectivity index (χ1n) is 5.75. The van der Waals surface area contributed by atoms with Gasteiger partial charge in [-0.05, 0) is 13.0 Å². The molecule has 1 rings (SSSR count). The van der Waals surface area contributed by atoms with Crippen molar-refractivity contribution in [1.29, 1.82) is 0 Å². The van der Waals surface area contributed by atoms with E-state index in [1.54, 1.807) is 12.1 Å². The Morgan fingerprint density at radius 2 is 1.89 bits per heavy atom. The molecule has 1 aromatic carbocycles. The Balaban J connectivity index is 3.31. The Hall–Kier alpha value is -2.24. The maximum Gasteiger partial charge on any atom is 0.243 e. The topological polar surface area (TPSA) is 70.8 Å². The van der Waals surface area contributed by atoms with Crippen molar-refractivity contribution in [2.45, 2.75) is 13.8 Å². The summed E-state index contributed by atoms with van der Waals surface area (Å²) in [5.41, 5.74) is 0.585. The molecule has 0 amide bonds. The molecule has 0 unspecified atom stereocenters. The second kappa shape index (κ2) is 6.63. The number of nitro groups is 1. The number of rotatable bonds is 6. The van der Waals surface area contributed by atoms with Gasteiger partial charge in [-0.3, -0.25) is 10.1 Å². The predicted octanol–water partition coefficient (Wildman–Crippen LogP) is 2.74. The summed E-state index contributed by atoms with van der Waals surface area (Å²) < 4.78 is 15.8. The Labute approximate surface area is 111 Å². The molecule has 19 heavy (non-hydrogen) atoms. The molecule has 0 atom stereocenters. The maximum atomic E-state index is 10.7. The lowest BCUT2D eigenvalue weighted by atomic mass is 10.1.